The molecule has 262 valence electrons. The van der Waals surface area contributed by atoms with Crippen LogP contribution in [0.5, 0.6) is 0 Å². The van der Waals surface area contributed by atoms with E-state index < -0.39 is 0 Å². The fraction of sp³-hybridized carbons (Fsp3) is 0.921. The number of hydrogen-bond acceptors (Lipinski definition) is 4. The molecule has 0 radical (unpaired) electrons. The molecular formula is C38H75O4Pd-. The van der Waals surface area contributed by atoms with Crippen LogP contribution in [0.1, 0.15) is 188 Å². The molecule has 0 aliphatic carbocycles. The normalized spacial score (nSPS) is 17.6. The zero-order valence-electron chi connectivity index (χ0n) is 28.3. The van der Waals surface area contributed by atoms with Gasteiger partial charge in [0.2, 0.25) is 0 Å². The standard InChI is InChI=1S/C18H36O2.C18H32O2.CH4.CH3.Pd/c2*1-2-3-4-5-6-7-8-9-10-11-13-16-19-18-15-12-14-17-20-18;;;/h18H,2-17H2,1H3;18H,2-10,12,14-17H2,1H3;1H4;1H3;/q;;;-1;. The first-order valence-corrected chi connectivity index (χ1v) is 17.8. The van der Waals surface area contributed by atoms with Gasteiger partial charge < -0.3 is 26.4 Å². The Morgan fingerprint density at radius 3 is 1.40 bits per heavy atom. The summed E-state index contributed by atoms with van der Waals surface area (Å²) < 4.78 is 22.4. The van der Waals surface area contributed by atoms with Crippen molar-refractivity contribution in [2.24, 2.45) is 0 Å². The first kappa shape index (κ1) is 47.5. The molecule has 2 aliphatic rings. The van der Waals surface area contributed by atoms with Crippen LogP contribution >= 0.6 is 0 Å². The number of hydrogen-bond donors (Lipinski definition) is 0. The van der Waals surface area contributed by atoms with Crippen LogP contribution in [0, 0.1) is 19.3 Å². The van der Waals surface area contributed by atoms with Crippen molar-refractivity contribution in [3.8, 4) is 11.8 Å². The Balaban J connectivity index is -0.000000696. The van der Waals surface area contributed by atoms with E-state index in [0.29, 0.717) is 6.61 Å². The molecule has 0 aromatic rings. The quantitative estimate of drug-likeness (QED) is 0.0460. The summed E-state index contributed by atoms with van der Waals surface area (Å²) in [7, 11) is 0. The fourth-order valence-electron chi connectivity index (χ4n) is 5.29. The Kier molecular flexibility index (Phi) is 44.3. The van der Waals surface area contributed by atoms with Crippen LogP contribution in [0.3, 0.4) is 0 Å². The third-order valence-corrected chi connectivity index (χ3v) is 7.95. The second-order valence-electron chi connectivity index (χ2n) is 11.9. The molecule has 2 heterocycles. The van der Waals surface area contributed by atoms with Crippen molar-refractivity contribution in [3.05, 3.63) is 7.43 Å². The molecule has 2 saturated heterocycles. The summed E-state index contributed by atoms with van der Waals surface area (Å²) in [5.74, 6) is 6.30. The second-order valence-corrected chi connectivity index (χ2v) is 11.9. The molecule has 0 aromatic carbocycles. The predicted molar refractivity (Wildman–Crippen MR) is 184 cm³/mol. The van der Waals surface area contributed by atoms with Gasteiger partial charge in [0.25, 0.3) is 0 Å². The number of rotatable bonds is 23. The van der Waals surface area contributed by atoms with Gasteiger partial charge in [-0.25, -0.2) is 0 Å². The maximum Gasteiger partial charge on any atom is 0.158 e. The molecule has 5 heteroatoms. The summed E-state index contributed by atoms with van der Waals surface area (Å²) in [4.78, 5) is 0. The molecule has 2 rings (SSSR count). The Morgan fingerprint density at radius 2 is 0.953 bits per heavy atom. The molecular weight excluding hydrogens is 627 g/mol. The van der Waals surface area contributed by atoms with E-state index in [2.05, 4.69) is 25.7 Å². The topological polar surface area (TPSA) is 36.9 Å². The van der Waals surface area contributed by atoms with E-state index in [-0.39, 0.29) is 47.9 Å². The molecule has 0 aromatic heterocycles. The van der Waals surface area contributed by atoms with Crippen molar-refractivity contribution in [2.75, 3.05) is 26.4 Å². The molecule has 2 unspecified atom stereocenters. The van der Waals surface area contributed by atoms with Crippen molar-refractivity contribution in [3.63, 3.8) is 0 Å². The summed E-state index contributed by atoms with van der Waals surface area (Å²) in [5.41, 5.74) is 0. The minimum Gasteiger partial charge on any atom is -0.358 e. The molecule has 4 nitrogen and oxygen atoms in total. The van der Waals surface area contributed by atoms with Crippen LogP contribution in [-0.4, -0.2) is 39.0 Å². The monoisotopic (exact) mass is 701 g/mol. The van der Waals surface area contributed by atoms with E-state index >= 15 is 0 Å². The molecule has 43 heavy (non-hydrogen) atoms. The maximum atomic E-state index is 5.74. The Morgan fingerprint density at radius 1 is 0.535 bits per heavy atom. The number of ether oxygens (including phenoxy) is 4. The minimum absolute atomic E-state index is 0. The van der Waals surface area contributed by atoms with Gasteiger partial charge in [0, 0.05) is 46.7 Å². The van der Waals surface area contributed by atoms with Gasteiger partial charge in [-0.15, -0.1) is 5.92 Å². The van der Waals surface area contributed by atoms with Crippen LogP contribution in [0.25, 0.3) is 0 Å². The largest absolute Gasteiger partial charge is 0.358 e. The van der Waals surface area contributed by atoms with Crippen molar-refractivity contribution in [1.29, 1.82) is 0 Å². The third kappa shape index (κ3) is 34.8. The van der Waals surface area contributed by atoms with E-state index in [1.54, 1.807) is 0 Å². The van der Waals surface area contributed by atoms with Crippen LogP contribution in [0.2, 0.25) is 0 Å². The number of unbranched alkanes of at least 4 members (excludes halogenated alkanes) is 18. The molecule has 0 N–H and O–H groups in total. The maximum absolute atomic E-state index is 5.74. The Hall–Kier alpha value is 0.0623. The van der Waals surface area contributed by atoms with Gasteiger partial charge in [-0.2, -0.15) is 0 Å². The zero-order chi connectivity index (χ0) is 28.6. The average Bonchev–Trinajstić information content (AvgIpc) is 3.00. The molecule has 2 aliphatic heterocycles. The van der Waals surface area contributed by atoms with Gasteiger partial charge in [0.1, 0.15) is 6.61 Å². The average molecular weight is 702 g/mol. The molecule has 0 spiro atoms. The van der Waals surface area contributed by atoms with E-state index in [1.165, 1.54) is 148 Å². The summed E-state index contributed by atoms with van der Waals surface area (Å²) in [6, 6.07) is 0. The Labute approximate surface area is 284 Å². The van der Waals surface area contributed by atoms with Gasteiger partial charge in [-0.3, -0.25) is 0 Å². The van der Waals surface area contributed by atoms with Crippen LogP contribution < -0.4 is 0 Å². The van der Waals surface area contributed by atoms with Gasteiger partial charge in [-0.05, 0) is 51.4 Å². The zero-order valence-corrected chi connectivity index (χ0v) is 29.9. The summed E-state index contributed by atoms with van der Waals surface area (Å²) in [6.07, 6.45) is 34.3. The van der Waals surface area contributed by atoms with Crippen molar-refractivity contribution in [2.45, 2.75) is 201 Å². The third-order valence-electron chi connectivity index (χ3n) is 7.95. The van der Waals surface area contributed by atoms with Crippen LogP contribution in [0.15, 0.2) is 0 Å². The SMILES string of the molecule is C.CCCCCCCCCCC#CCOC1CCCCO1.CCCCCCCCCCCCCOC1CCCCO1.[CH3-].[Pd]. The minimum atomic E-state index is 0. The molecule has 2 fully saturated rings. The van der Waals surface area contributed by atoms with E-state index in [4.69, 9.17) is 18.9 Å². The summed E-state index contributed by atoms with van der Waals surface area (Å²) in [5, 5.41) is 0. The second kappa shape index (κ2) is 40.1. The first-order valence-electron chi connectivity index (χ1n) is 17.8. The predicted octanol–water partition coefficient (Wildman–Crippen LogP) is 12.0. The summed E-state index contributed by atoms with van der Waals surface area (Å²) in [6.45, 7) is 7.70. The molecule has 0 saturated carbocycles. The van der Waals surface area contributed by atoms with Crippen molar-refractivity contribution in [1.82, 2.24) is 0 Å². The van der Waals surface area contributed by atoms with E-state index in [9.17, 15) is 0 Å². The van der Waals surface area contributed by atoms with Crippen molar-refractivity contribution >= 4 is 0 Å². The summed E-state index contributed by atoms with van der Waals surface area (Å²) >= 11 is 0. The van der Waals surface area contributed by atoms with Gasteiger partial charge in [-0.1, -0.05) is 136 Å². The first-order chi connectivity index (χ1) is 19.9. The Bertz CT molecular complexity index is 550. The van der Waals surface area contributed by atoms with Gasteiger partial charge >= 0.3 is 0 Å². The van der Waals surface area contributed by atoms with E-state index in [1.807, 2.05) is 0 Å². The van der Waals surface area contributed by atoms with Gasteiger partial charge in [0.05, 0.1) is 0 Å². The smallest absolute Gasteiger partial charge is 0.158 e. The molecule has 2 atom stereocenters. The van der Waals surface area contributed by atoms with Crippen molar-refractivity contribution < 1.29 is 39.4 Å². The molecule has 0 bridgehead atoms. The van der Waals surface area contributed by atoms with Crippen LogP contribution in [0.4, 0.5) is 0 Å². The van der Waals surface area contributed by atoms with Gasteiger partial charge in [0.15, 0.2) is 12.6 Å². The van der Waals surface area contributed by atoms with E-state index in [0.717, 1.165) is 39.1 Å². The molecule has 0 amide bonds. The fourth-order valence-corrected chi connectivity index (χ4v) is 5.29. The van der Waals surface area contributed by atoms with Crippen LogP contribution in [-0.2, 0) is 39.4 Å².